The first-order valence-electron chi connectivity index (χ1n) is 11.1. The number of amides is 2. The summed E-state index contributed by atoms with van der Waals surface area (Å²) in [6, 6.07) is 13.1. The minimum absolute atomic E-state index is 0.122. The monoisotopic (exact) mass is 424 g/mol. The number of carbonyl (C=O) groups excluding carboxylic acids is 2. The predicted molar refractivity (Wildman–Crippen MR) is 121 cm³/mol. The maximum Gasteiger partial charge on any atom is 0.263 e. The second kappa shape index (κ2) is 10.9. The van der Waals surface area contributed by atoms with Gasteiger partial charge in [-0.3, -0.25) is 19.3 Å². The second-order valence-electron chi connectivity index (χ2n) is 7.83. The lowest BCUT2D eigenvalue weighted by atomic mass is 10.2. The Balaban J connectivity index is 1.66. The minimum Gasteiger partial charge on any atom is -0.342 e. The van der Waals surface area contributed by atoms with E-state index in [1.165, 1.54) is 0 Å². The van der Waals surface area contributed by atoms with Gasteiger partial charge in [0.15, 0.2) is 0 Å². The van der Waals surface area contributed by atoms with E-state index in [0.29, 0.717) is 45.8 Å². The fraction of sp³-hybridized carbons (Fsp3) is 0.458. The maximum absolute atomic E-state index is 13.1. The van der Waals surface area contributed by atoms with E-state index in [1.54, 1.807) is 27.8 Å². The van der Waals surface area contributed by atoms with E-state index in [1.807, 2.05) is 49.1 Å². The third kappa shape index (κ3) is 5.82. The fourth-order valence-corrected chi connectivity index (χ4v) is 3.97. The number of pyridine rings is 1. The van der Waals surface area contributed by atoms with Crippen molar-refractivity contribution < 1.29 is 9.59 Å². The zero-order chi connectivity index (χ0) is 22.2. The summed E-state index contributed by atoms with van der Waals surface area (Å²) in [5.41, 5.74) is 0.942. The van der Waals surface area contributed by atoms with E-state index >= 15 is 0 Å². The predicted octanol–water partition coefficient (Wildman–Crippen LogP) is 1.91. The number of aromatic nitrogens is 1. The van der Waals surface area contributed by atoms with Gasteiger partial charge in [0.2, 0.25) is 5.91 Å². The highest BCUT2D eigenvalue weighted by Gasteiger charge is 2.24. The Hall–Kier alpha value is -2.93. The van der Waals surface area contributed by atoms with Crippen LogP contribution in [0.2, 0.25) is 0 Å². The van der Waals surface area contributed by atoms with Crippen LogP contribution >= 0.6 is 0 Å². The molecule has 166 valence electrons. The molecule has 1 saturated heterocycles. The molecule has 0 atom stereocenters. The molecule has 0 saturated carbocycles. The minimum atomic E-state index is -0.269. The molecule has 0 N–H and O–H groups in total. The Morgan fingerprint density at radius 1 is 0.935 bits per heavy atom. The summed E-state index contributed by atoms with van der Waals surface area (Å²) >= 11 is 0. The van der Waals surface area contributed by atoms with Crippen LogP contribution in [0.4, 0.5) is 0 Å². The van der Waals surface area contributed by atoms with Crippen molar-refractivity contribution in [3.63, 3.8) is 0 Å². The lowest BCUT2D eigenvalue weighted by Crippen LogP contribution is -2.42. The molecule has 0 unspecified atom stereocenters. The van der Waals surface area contributed by atoms with Crippen LogP contribution in [0.5, 0.6) is 0 Å². The van der Waals surface area contributed by atoms with Crippen LogP contribution < -0.4 is 5.56 Å². The van der Waals surface area contributed by atoms with E-state index in [2.05, 4.69) is 4.90 Å². The fourth-order valence-electron chi connectivity index (χ4n) is 3.97. The van der Waals surface area contributed by atoms with E-state index in [0.717, 1.165) is 18.5 Å². The molecule has 1 aromatic carbocycles. The van der Waals surface area contributed by atoms with Crippen molar-refractivity contribution in [2.24, 2.45) is 0 Å². The number of benzene rings is 1. The van der Waals surface area contributed by atoms with Crippen LogP contribution in [0.15, 0.2) is 53.5 Å². The van der Waals surface area contributed by atoms with Crippen molar-refractivity contribution in [3.8, 4) is 0 Å². The molecule has 1 aliphatic rings. The number of nitrogens with zero attached hydrogens (tertiary/aromatic N) is 4. The van der Waals surface area contributed by atoms with Gasteiger partial charge < -0.3 is 14.4 Å². The number of hydrogen-bond donors (Lipinski definition) is 0. The first kappa shape index (κ1) is 22.7. The van der Waals surface area contributed by atoms with Gasteiger partial charge in [0, 0.05) is 45.5 Å². The molecule has 1 aromatic heterocycles. The normalized spacial score (nSPS) is 14.8. The SMILES string of the molecule is CCN(CC)C(=O)CN1CCCN(C(=O)c2cccn(Cc3ccccc3)c2=O)CC1. The average molecular weight is 425 g/mol. The van der Waals surface area contributed by atoms with Gasteiger partial charge in [-0.2, -0.15) is 0 Å². The van der Waals surface area contributed by atoms with Crippen LogP contribution in [-0.2, 0) is 11.3 Å². The molecular weight excluding hydrogens is 392 g/mol. The molecule has 0 radical (unpaired) electrons. The van der Waals surface area contributed by atoms with Gasteiger partial charge in [-0.25, -0.2) is 0 Å². The average Bonchev–Trinajstić information content (AvgIpc) is 3.02. The third-order valence-electron chi connectivity index (χ3n) is 5.80. The summed E-state index contributed by atoms with van der Waals surface area (Å²) in [5, 5.41) is 0. The summed E-state index contributed by atoms with van der Waals surface area (Å²) < 4.78 is 1.58. The summed E-state index contributed by atoms with van der Waals surface area (Å²) in [5.74, 6) is -0.110. The van der Waals surface area contributed by atoms with Gasteiger partial charge in [-0.05, 0) is 38.0 Å². The Morgan fingerprint density at radius 3 is 2.39 bits per heavy atom. The van der Waals surface area contributed by atoms with Crippen LogP contribution in [0, 0.1) is 0 Å². The van der Waals surface area contributed by atoms with Crippen molar-refractivity contribution >= 4 is 11.8 Å². The van der Waals surface area contributed by atoms with Gasteiger partial charge in [0.1, 0.15) is 5.56 Å². The van der Waals surface area contributed by atoms with Crippen molar-refractivity contribution in [1.82, 2.24) is 19.3 Å². The molecule has 0 spiro atoms. The summed E-state index contributed by atoms with van der Waals surface area (Å²) in [6.07, 6.45) is 2.50. The van der Waals surface area contributed by atoms with Gasteiger partial charge in [0.05, 0.1) is 13.1 Å². The van der Waals surface area contributed by atoms with Gasteiger partial charge in [0.25, 0.3) is 11.5 Å². The number of likely N-dealkylation sites (N-methyl/N-ethyl adjacent to an activating group) is 1. The lowest BCUT2D eigenvalue weighted by molar-refractivity contribution is -0.132. The molecule has 3 rings (SSSR count). The molecule has 31 heavy (non-hydrogen) atoms. The Morgan fingerprint density at radius 2 is 1.68 bits per heavy atom. The van der Waals surface area contributed by atoms with Gasteiger partial charge in [-0.1, -0.05) is 30.3 Å². The van der Waals surface area contributed by atoms with E-state index in [-0.39, 0.29) is 22.9 Å². The summed E-state index contributed by atoms with van der Waals surface area (Å²) in [7, 11) is 0. The van der Waals surface area contributed by atoms with Crippen molar-refractivity contribution in [2.45, 2.75) is 26.8 Å². The standard InChI is InChI=1S/C24H32N4O3/c1-3-26(4-2)22(29)19-25-13-9-15-27(17-16-25)23(30)21-12-8-14-28(24(21)31)18-20-10-6-5-7-11-20/h5-8,10-12,14H,3-4,9,13,15-19H2,1-2H3. The summed E-state index contributed by atoms with van der Waals surface area (Å²) in [6.45, 7) is 8.67. The quantitative estimate of drug-likeness (QED) is 0.681. The second-order valence-corrected chi connectivity index (χ2v) is 7.83. The first-order valence-corrected chi connectivity index (χ1v) is 11.1. The van der Waals surface area contributed by atoms with Gasteiger partial charge >= 0.3 is 0 Å². The lowest BCUT2D eigenvalue weighted by Gasteiger charge is -2.25. The zero-order valence-electron chi connectivity index (χ0n) is 18.5. The van der Waals surface area contributed by atoms with Crippen LogP contribution in [0.1, 0.15) is 36.2 Å². The van der Waals surface area contributed by atoms with E-state index < -0.39 is 0 Å². The molecule has 7 nitrogen and oxygen atoms in total. The molecule has 1 aliphatic heterocycles. The van der Waals surface area contributed by atoms with Gasteiger partial charge in [-0.15, -0.1) is 0 Å². The molecule has 0 bridgehead atoms. The van der Waals surface area contributed by atoms with Crippen molar-refractivity contribution in [2.75, 3.05) is 45.8 Å². The molecule has 0 aliphatic carbocycles. The number of hydrogen-bond acceptors (Lipinski definition) is 4. The third-order valence-corrected chi connectivity index (χ3v) is 5.80. The topological polar surface area (TPSA) is 65.9 Å². The first-order chi connectivity index (χ1) is 15.0. The summed E-state index contributed by atoms with van der Waals surface area (Å²) in [4.78, 5) is 44.2. The Labute approximate surface area is 183 Å². The van der Waals surface area contributed by atoms with Crippen LogP contribution in [-0.4, -0.2) is 76.9 Å². The molecule has 2 heterocycles. The Kier molecular flexibility index (Phi) is 8.00. The van der Waals surface area contributed by atoms with Crippen LogP contribution in [0.3, 0.4) is 0 Å². The van der Waals surface area contributed by atoms with Crippen LogP contribution in [0.25, 0.3) is 0 Å². The zero-order valence-corrected chi connectivity index (χ0v) is 18.5. The number of rotatable bonds is 7. The largest absolute Gasteiger partial charge is 0.342 e. The number of carbonyl (C=O) groups is 2. The maximum atomic E-state index is 13.1. The van der Waals surface area contributed by atoms with E-state index in [4.69, 9.17) is 0 Å². The smallest absolute Gasteiger partial charge is 0.263 e. The molecule has 7 heteroatoms. The van der Waals surface area contributed by atoms with E-state index in [9.17, 15) is 14.4 Å². The highest BCUT2D eigenvalue weighted by atomic mass is 16.2. The highest BCUT2D eigenvalue weighted by Crippen LogP contribution is 2.09. The molecule has 2 amide bonds. The van der Waals surface area contributed by atoms with Crippen molar-refractivity contribution in [3.05, 3.63) is 70.1 Å². The highest BCUT2D eigenvalue weighted by molar-refractivity contribution is 5.93. The Bertz CT molecular complexity index is 937. The molecule has 2 aromatic rings. The molecular formula is C24H32N4O3. The van der Waals surface area contributed by atoms with Crippen molar-refractivity contribution in [1.29, 1.82) is 0 Å². The molecule has 1 fully saturated rings.